The summed E-state index contributed by atoms with van der Waals surface area (Å²) < 4.78 is 11.1. The third-order valence-corrected chi connectivity index (χ3v) is 7.41. The maximum atomic E-state index is 5.80. The summed E-state index contributed by atoms with van der Waals surface area (Å²) in [6, 6.07) is 16.8. The highest BCUT2D eigenvalue weighted by Gasteiger charge is 2.23. The van der Waals surface area contributed by atoms with Crippen LogP contribution in [0.1, 0.15) is 31.2 Å². The lowest BCUT2D eigenvalue weighted by atomic mass is 10.1. The van der Waals surface area contributed by atoms with Gasteiger partial charge in [0.15, 0.2) is 11.5 Å². The lowest BCUT2D eigenvalue weighted by Gasteiger charge is -2.19. The van der Waals surface area contributed by atoms with Gasteiger partial charge in [-0.25, -0.2) is 0 Å². The summed E-state index contributed by atoms with van der Waals surface area (Å²) >= 11 is 0. The molecule has 4 heterocycles. The normalized spacial score (nSPS) is 19.2. The van der Waals surface area contributed by atoms with Crippen molar-refractivity contribution in [2.45, 2.75) is 32.1 Å². The standard InChI is InChI=1S/C15H17N3.C15H21NO2/c1-11(16)13-6-8-18(10-13)14-5-4-12-3-2-7-17-15(12)9-14;1-2-8-16(7-1)9-3-4-13-5-6-14-15(12-13)18-11-10-17-14/h2-5,7,9,13H,1,6,8,10,16H2;5-6,12H,1-4,7-11H2. The number of hydrogen-bond donors (Lipinski definition) is 1. The minimum atomic E-state index is 0.421. The number of nitrogens with two attached hydrogens (primary N) is 1. The first-order valence-electron chi connectivity index (χ1n) is 13.3. The molecule has 2 fully saturated rings. The molecular weight excluding hydrogens is 448 g/mol. The van der Waals surface area contributed by atoms with E-state index in [1.807, 2.05) is 18.3 Å². The third-order valence-electron chi connectivity index (χ3n) is 7.41. The first-order chi connectivity index (χ1) is 17.7. The topological polar surface area (TPSA) is 63.9 Å². The van der Waals surface area contributed by atoms with Gasteiger partial charge < -0.3 is 25.0 Å². The minimum Gasteiger partial charge on any atom is -0.486 e. The van der Waals surface area contributed by atoms with Gasteiger partial charge in [-0.05, 0) is 87.6 Å². The summed E-state index contributed by atoms with van der Waals surface area (Å²) in [6.45, 7) is 11.0. The lowest BCUT2D eigenvalue weighted by molar-refractivity contribution is 0.171. The molecule has 6 nitrogen and oxygen atoms in total. The average Bonchev–Trinajstić information content (AvgIpc) is 3.62. The van der Waals surface area contributed by atoms with E-state index in [1.54, 1.807) is 0 Å². The number of benzene rings is 2. The first-order valence-corrected chi connectivity index (χ1v) is 13.3. The van der Waals surface area contributed by atoms with Crippen molar-refractivity contribution in [3.05, 3.63) is 72.6 Å². The van der Waals surface area contributed by atoms with Crippen LogP contribution in [0.5, 0.6) is 11.5 Å². The van der Waals surface area contributed by atoms with E-state index in [4.69, 9.17) is 15.2 Å². The van der Waals surface area contributed by atoms with Crippen molar-refractivity contribution in [1.29, 1.82) is 0 Å². The summed E-state index contributed by atoms with van der Waals surface area (Å²) in [5.74, 6) is 2.23. The Kier molecular flexibility index (Phi) is 7.91. The monoisotopic (exact) mass is 486 g/mol. The molecule has 0 bridgehead atoms. The van der Waals surface area contributed by atoms with E-state index >= 15 is 0 Å². The Balaban J connectivity index is 0.000000148. The summed E-state index contributed by atoms with van der Waals surface area (Å²) in [5, 5.41) is 1.18. The summed E-state index contributed by atoms with van der Waals surface area (Å²) in [7, 11) is 0. The number of rotatable bonds is 6. The summed E-state index contributed by atoms with van der Waals surface area (Å²) in [5.41, 5.74) is 10.2. The summed E-state index contributed by atoms with van der Waals surface area (Å²) in [6.07, 6.45) is 8.05. The highest BCUT2D eigenvalue weighted by Crippen LogP contribution is 2.31. The van der Waals surface area contributed by atoms with Crippen molar-refractivity contribution in [3.63, 3.8) is 0 Å². The van der Waals surface area contributed by atoms with Crippen molar-refractivity contribution in [3.8, 4) is 11.5 Å². The van der Waals surface area contributed by atoms with E-state index < -0.39 is 0 Å². The molecule has 6 rings (SSSR count). The Morgan fingerprint density at radius 3 is 2.64 bits per heavy atom. The van der Waals surface area contributed by atoms with Crippen LogP contribution in [0, 0.1) is 5.92 Å². The highest BCUT2D eigenvalue weighted by molar-refractivity contribution is 5.82. The second-order valence-corrected chi connectivity index (χ2v) is 10.0. The molecule has 6 heteroatoms. The van der Waals surface area contributed by atoms with Crippen molar-refractivity contribution < 1.29 is 9.47 Å². The molecule has 3 aromatic rings. The first kappa shape index (κ1) is 24.4. The van der Waals surface area contributed by atoms with Crippen molar-refractivity contribution in [2.75, 3.05) is 50.8 Å². The fourth-order valence-corrected chi connectivity index (χ4v) is 5.31. The maximum Gasteiger partial charge on any atom is 0.161 e. The minimum absolute atomic E-state index is 0.421. The largest absolute Gasteiger partial charge is 0.486 e. The smallest absolute Gasteiger partial charge is 0.161 e. The van der Waals surface area contributed by atoms with Crippen LogP contribution in [0.4, 0.5) is 5.69 Å². The van der Waals surface area contributed by atoms with E-state index in [2.05, 4.69) is 57.8 Å². The zero-order valence-corrected chi connectivity index (χ0v) is 21.2. The third kappa shape index (κ3) is 6.11. The molecule has 3 aliphatic rings. The molecule has 36 heavy (non-hydrogen) atoms. The Hall–Kier alpha value is -3.25. The van der Waals surface area contributed by atoms with Crippen LogP contribution in [0.2, 0.25) is 0 Å². The van der Waals surface area contributed by atoms with Crippen LogP contribution in [0.15, 0.2) is 67.0 Å². The molecule has 2 N–H and O–H groups in total. The Labute approximate surface area is 214 Å². The molecule has 2 aromatic carbocycles. The molecule has 2 saturated heterocycles. The van der Waals surface area contributed by atoms with Gasteiger partial charge in [0, 0.05) is 42.0 Å². The van der Waals surface area contributed by atoms with Crippen LogP contribution in [-0.4, -0.2) is 55.8 Å². The van der Waals surface area contributed by atoms with Gasteiger partial charge in [0.2, 0.25) is 0 Å². The molecule has 0 saturated carbocycles. The number of aromatic nitrogens is 1. The van der Waals surface area contributed by atoms with Gasteiger partial charge in [0.05, 0.1) is 5.52 Å². The van der Waals surface area contributed by atoms with E-state index in [0.717, 1.165) is 48.6 Å². The van der Waals surface area contributed by atoms with Crippen LogP contribution < -0.4 is 20.1 Å². The number of pyridine rings is 1. The fourth-order valence-electron chi connectivity index (χ4n) is 5.31. The van der Waals surface area contributed by atoms with Gasteiger partial charge >= 0.3 is 0 Å². The molecule has 0 amide bonds. The second kappa shape index (κ2) is 11.7. The number of fused-ring (bicyclic) bond motifs is 2. The van der Waals surface area contributed by atoms with E-state index in [9.17, 15) is 0 Å². The van der Waals surface area contributed by atoms with Crippen molar-refractivity contribution >= 4 is 16.6 Å². The van der Waals surface area contributed by atoms with Gasteiger partial charge in [-0.1, -0.05) is 24.8 Å². The molecule has 3 aliphatic heterocycles. The molecule has 190 valence electrons. The van der Waals surface area contributed by atoms with E-state index in [-0.39, 0.29) is 0 Å². The van der Waals surface area contributed by atoms with Crippen LogP contribution in [0.25, 0.3) is 10.9 Å². The van der Waals surface area contributed by atoms with Gasteiger partial charge in [-0.3, -0.25) is 4.98 Å². The van der Waals surface area contributed by atoms with Crippen molar-refractivity contribution in [1.82, 2.24) is 9.88 Å². The highest BCUT2D eigenvalue weighted by atomic mass is 16.6. The van der Waals surface area contributed by atoms with Gasteiger partial charge in [-0.15, -0.1) is 0 Å². The van der Waals surface area contributed by atoms with Gasteiger partial charge in [0.25, 0.3) is 0 Å². The zero-order valence-electron chi connectivity index (χ0n) is 21.2. The van der Waals surface area contributed by atoms with E-state index in [1.165, 1.54) is 55.5 Å². The fraction of sp³-hybridized carbons (Fsp3) is 0.433. The molecule has 1 aromatic heterocycles. The number of nitrogens with zero attached hydrogens (tertiary/aromatic N) is 3. The molecule has 0 radical (unpaired) electrons. The van der Waals surface area contributed by atoms with Crippen LogP contribution in [-0.2, 0) is 6.42 Å². The zero-order chi connectivity index (χ0) is 24.7. The van der Waals surface area contributed by atoms with Crippen molar-refractivity contribution in [2.24, 2.45) is 11.7 Å². The average molecular weight is 487 g/mol. The molecule has 0 spiro atoms. The predicted molar refractivity (Wildman–Crippen MR) is 147 cm³/mol. The Morgan fingerprint density at radius 2 is 1.83 bits per heavy atom. The number of aryl methyl sites for hydroxylation is 1. The number of hydrogen-bond acceptors (Lipinski definition) is 6. The van der Waals surface area contributed by atoms with Gasteiger partial charge in [-0.2, -0.15) is 0 Å². The van der Waals surface area contributed by atoms with Crippen LogP contribution >= 0.6 is 0 Å². The number of likely N-dealkylation sites (tertiary alicyclic amines) is 1. The Bertz CT molecular complexity index is 1170. The SMILES string of the molecule is C=C(N)C1CCN(c2ccc3cccnc3c2)C1.c1cc2c(cc1CCCN1CCCC1)OCCO2. The molecule has 0 aliphatic carbocycles. The Morgan fingerprint density at radius 1 is 1.00 bits per heavy atom. The quantitative estimate of drug-likeness (QED) is 0.528. The molecular formula is C30H38N4O2. The number of anilines is 1. The van der Waals surface area contributed by atoms with Crippen LogP contribution in [0.3, 0.4) is 0 Å². The van der Waals surface area contributed by atoms with Gasteiger partial charge in [0.1, 0.15) is 13.2 Å². The molecule has 1 unspecified atom stereocenters. The molecule has 1 atom stereocenters. The van der Waals surface area contributed by atoms with E-state index in [0.29, 0.717) is 19.1 Å². The maximum absolute atomic E-state index is 5.80. The predicted octanol–water partition coefficient (Wildman–Crippen LogP) is 5.02. The summed E-state index contributed by atoms with van der Waals surface area (Å²) in [4.78, 5) is 9.32. The lowest BCUT2D eigenvalue weighted by Crippen LogP contribution is -2.21. The number of ether oxygens (including phenoxy) is 2. The second-order valence-electron chi connectivity index (χ2n) is 10.0.